The summed E-state index contributed by atoms with van der Waals surface area (Å²) in [6.07, 6.45) is 1.72. The van der Waals surface area contributed by atoms with Crippen molar-refractivity contribution in [3.8, 4) is 0 Å². The molecule has 0 unspecified atom stereocenters. The van der Waals surface area contributed by atoms with Crippen LogP contribution in [0.25, 0.3) is 0 Å². The first-order valence-corrected chi connectivity index (χ1v) is 5.29. The summed E-state index contributed by atoms with van der Waals surface area (Å²) in [5.74, 6) is -0.304. The van der Waals surface area contributed by atoms with E-state index in [1.807, 2.05) is 11.8 Å². The van der Waals surface area contributed by atoms with Gasteiger partial charge in [0.15, 0.2) is 0 Å². The van der Waals surface area contributed by atoms with Gasteiger partial charge in [0.25, 0.3) is 0 Å². The van der Waals surface area contributed by atoms with Crippen LogP contribution < -0.4 is 5.73 Å². The summed E-state index contributed by atoms with van der Waals surface area (Å²) < 4.78 is 5.65. The van der Waals surface area contributed by atoms with Crippen molar-refractivity contribution in [3.63, 3.8) is 0 Å². The number of ether oxygens (including phenoxy) is 1. The molecule has 1 aliphatic heterocycles. The molecule has 0 spiro atoms. The number of hydrogen-bond acceptors (Lipinski definition) is 4. The molecule has 1 aromatic rings. The van der Waals surface area contributed by atoms with Crippen LogP contribution in [0.15, 0.2) is 6.20 Å². The van der Waals surface area contributed by atoms with E-state index in [1.54, 1.807) is 6.20 Å². The number of aromatic nitrogens is 2. The summed E-state index contributed by atoms with van der Waals surface area (Å²) >= 11 is 0. The molecule has 88 valence electrons. The van der Waals surface area contributed by atoms with Crippen molar-refractivity contribution in [1.82, 2.24) is 15.1 Å². The second-order valence-electron chi connectivity index (χ2n) is 4.03. The minimum absolute atomic E-state index is 0.0457. The van der Waals surface area contributed by atoms with Gasteiger partial charge in [0.2, 0.25) is 5.91 Å². The van der Waals surface area contributed by atoms with Gasteiger partial charge in [0, 0.05) is 13.1 Å². The second-order valence-corrected chi connectivity index (χ2v) is 4.03. The Balaban J connectivity index is 2.02. The third kappa shape index (κ3) is 2.40. The lowest BCUT2D eigenvalue weighted by molar-refractivity contribution is -0.121. The molecular weight excluding hydrogens is 208 g/mol. The van der Waals surface area contributed by atoms with Gasteiger partial charge in [-0.1, -0.05) is 0 Å². The summed E-state index contributed by atoms with van der Waals surface area (Å²) in [5, 5.41) is 6.90. The van der Waals surface area contributed by atoms with Crippen LogP contribution in [-0.4, -0.2) is 47.2 Å². The zero-order valence-corrected chi connectivity index (χ0v) is 9.27. The van der Waals surface area contributed by atoms with E-state index < -0.39 is 0 Å². The van der Waals surface area contributed by atoms with E-state index in [-0.39, 0.29) is 18.6 Å². The predicted molar refractivity (Wildman–Crippen MR) is 57.7 cm³/mol. The molecule has 2 rings (SSSR count). The lowest BCUT2D eigenvalue weighted by Crippen LogP contribution is -2.43. The van der Waals surface area contributed by atoms with Crippen LogP contribution in [0.1, 0.15) is 17.4 Å². The maximum Gasteiger partial charge on any atom is 0.231 e. The predicted octanol–water partition coefficient (Wildman–Crippen LogP) is -0.423. The van der Waals surface area contributed by atoms with E-state index in [0.29, 0.717) is 13.2 Å². The molecule has 16 heavy (non-hydrogen) atoms. The van der Waals surface area contributed by atoms with Gasteiger partial charge in [0.1, 0.15) is 6.10 Å². The number of aromatic amines is 1. The van der Waals surface area contributed by atoms with Crippen molar-refractivity contribution >= 4 is 5.91 Å². The summed E-state index contributed by atoms with van der Waals surface area (Å²) in [6, 6.07) is 0. The number of nitrogens with two attached hydrogens (primary N) is 1. The highest BCUT2D eigenvalue weighted by Gasteiger charge is 2.24. The van der Waals surface area contributed by atoms with Crippen molar-refractivity contribution in [1.29, 1.82) is 0 Å². The first kappa shape index (κ1) is 11.1. The number of H-pyrrole nitrogens is 1. The number of aryl methyl sites for hydroxylation is 1. The molecule has 0 aromatic carbocycles. The van der Waals surface area contributed by atoms with Crippen LogP contribution in [0.3, 0.4) is 0 Å². The van der Waals surface area contributed by atoms with Crippen molar-refractivity contribution in [2.75, 3.05) is 26.2 Å². The fourth-order valence-corrected chi connectivity index (χ4v) is 1.92. The fourth-order valence-electron chi connectivity index (χ4n) is 1.92. The summed E-state index contributed by atoms with van der Waals surface area (Å²) in [4.78, 5) is 12.8. The number of hydrogen-bond donors (Lipinski definition) is 2. The van der Waals surface area contributed by atoms with Crippen LogP contribution >= 0.6 is 0 Å². The molecule has 0 radical (unpaired) electrons. The number of morpholine rings is 1. The summed E-state index contributed by atoms with van der Waals surface area (Å²) in [5.41, 5.74) is 7.23. The molecule has 0 bridgehead atoms. The zero-order chi connectivity index (χ0) is 11.5. The minimum Gasteiger partial charge on any atom is -0.369 e. The Morgan fingerprint density at radius 1 is 1.81 bits per heavy atom. The van der Waals surface area contributed by atoms with Gasteiger partial charge in [-0.05, 0) is 12.5 Å². The number of nitrogens with zero attached hydrogens (tertiary/aromatic N) is 2. The van der Waals surface area contributed by atoms with Crippen LogP contribution in [0.5, 0.6) is 0 Å². The van der Waals surface area contributed by atoms with Crippen molar-refractivity contribution < 1.29 is 9.53 Å². The monoisotopic (exact) mass is 224 g/mol. The minimum atomic E-state index is -0.304. The smallest absolute Gasteiger partial charge is 0.231 e. The van der Waals surface area contributed by atoms with E-state index in [4.69, 9.17) is 10.5 Å². The standard InChI is InChI=1S/C10H16N4O2/c1-7-4-12-13-10(7)8-5-14(2-3-16-8)6-9(11)15/h4,8H,2-3,5-6H2,1H3,(H2,11,15)(H,12,13)/t8-/m0/s1. The Hall–Kier alpha value is -1.40. The average molecular weight is 224 g/mol. The normalized spacial score (nSPS) is 22.2. The van der Waals surface area contributed by atoms with Gasteiger partial charge in [0.05, 0.1) is 25.0 Å². The van der Waals surface area contributed by atoms with Gasteiger partial charge in [-0.25, -0.2) is 0 Å². The lowest BCUT2D eigenvalue weighted by atomic mass is 10.1. The Kier molecular flexibility index (Phi) is 3.21. The van der Waals surface area contributed by atoms with E-state index in [2.05, 4.69) is 10.2 Å². The second kappa shape index (κ2) is 4.63. The zero-order valence-electron chi connectivity index (χ0n) is 9.27. The van der Waals surface area contributed by atoms with Crippen LogP contribution in [-0.2, 0) is 9.53 Å². The Labute approximate surface area is 93.8 Å². The molecule has 0 aliphatic carbocycles. The highest BCUT2D eigenvalue weighted by molar-refractivity contribution is 5.75. The number of nitrogens with one attached hydrogen (secondary N) is 1. The van der Waals surface area contributed by atoms with Crippen molar-refractivity contribution in [2.24, 2.45) is 5.73 Å². The molecule has 6 heteroatoms. The quantitative estimate of drug-likeness (QED) is 0.730. The van der Waals surface area contributed by atoms with Gasteiger partial charge in [-0.15, -0.1) is 0 Å². The van der Waals surface area contributed by atoms with Crippen LogP contribution in [0, 0.1) is 6.92 Å². The fraction of sp³-hybridized carbons (Fsp3) is 0.600. The molecule has 1 fully saturated rings. The highest BCUT2D eigenvalue weighted by atomic mass is 16.5. The van der Waals surface area contributed by atoms with Crippen molar-refractivity contribution in [3.05, 3.63) is 17.5 Å². The molecule has 1 saturated heterocycles. The maximum atomic E-state index is 10.8. The molecule has 2 heterocycles. The maximum absolute atomic E-state index is 10.8. The van der Waals surface area contributed by atoms with Gasteiger partial charge >= 0.3 is 0 Å². The molecule has 0 saturated carbocycles. The summed E-state index contributed by atoms with van der Waals surface area (Å²) in [7, 11) is 0. The number of amides is 1. The largest absolute Gasteiger partial charge is 0.369 e. The van der Waals surface area contributed by atoms with E-state index in [0.717, 1.165) is 17.8 Å². The summed E-state index contributed by atoms with van der Waals surface area (Å²) in [6.45, 7) is 4.29. The van der Waals surface area contributed by atoms with Crippen molar-refractivity contribution in [2.45, 2.75) is 13.0 Å². The third-order valence-corrected chi connectivity index (χ3v) is 2.72. The molecular formula is C10H16N4O2. The molecule has 1 aromatic heterocycles. The number of carbonyl (C=O) groups excluding carboxylic acids is 1. The Bertz CT molecular complexity index is 377. The first-order valence-electron chi connectivity index (χ1n) is 5.29. The molecule has 1 atom stereocenters. The van der Waals surface area contributed by atoms with Crippen LogP contribution in [0.2, 0.25) is 0 Å². The molecule has 6 nitrogen and oxygen atoms in total. The van der Waals surface area contributed by atoms with E-state index in [9.17, 15) is 4.79 Å². The Morgan fingerprint density at radius 3 is 3.25 bits per heavy atom. The van der Waals surface area contributed by atoms with Gasteiger partial charge < -0.3 is 10.5 Å². The highest BCUT2D eigenvalue weighted by Crippen LogP contribution is 2.22. The number of carbonyl (C=O) groups is 1. The topological polar surface area (TPSA) is 84.2 Å². The first-order chi connectivity index (χ1) is 7.66. The van der Waals surface area contributed by atoms with E-state index in [1.165, 1.54) is 0 Å². The molecule has 1 aliphatic rings. The van der Waals surface area contributed by atoms with Gasteiger partial charge in [-0.2, -0.15) is 5.10 Å². The SMILES string of the molecule is Cc1cn[nH]c1[C@@H]1CN(CC(N)=O)CCO1. The van der Waals surface area contributed by atoms with E-state index >= 15 is 0 Å². The average Bonchev–Trinajstić information content (AvgIpc) is 2.64. The van der Waals surface area contributed by atoms with Gasteiger partial charge in [-0.3, -0.25) is 14.8 Å². The molecule has 3 N–H and O–H groups in total. The third-order valence-electron chi connectivity index (χ3n) is 2.72. The molecule has 1 amide bonds. The Morgan fingerprint density at radius 2 is 2.62 bits per heavy atom. The number of rotatable bonds is 3. The van der Waals surface area contributed by atoms with Crippen LogP contribution in [0.4, 0.5) is 0 Å². The number of primary amides is 1. The lowest BCUT2D eigenvalue weighted by Gasteiger charge is -2.31.